The number of nitrogens with zero attached hydrogens (tertiary/aromatic N) is 3. The molecule has 1 fully saturated rings. The lowest BCUT2D eigenvalue weighted by molar-refractivity contribution is 0.315. The number of aromatic nitrogens is 2. The number of hydrogen-bond acceptors (Lipinski definition) is 2. The van der Waals surface area contributed by atoms with Gasteiger partial charge in [-0.15, -0.1) is 24.0 Å². The maximum atomic E-state index is 5.88. The van der Waals surface area contributed by atoms with E-state index < -0.39 is 0 Å². The molecule has 3 N–H and O–H groups in total. The van der Waals surface area contributed by atoms with E-state index in [-0.39, 0.29) is 24.0 Å². The third kappa shape index (κ3) is 3.86. The normalized spacial score (nSPS) is 18.9. The van der Waals surface area contributed by atoms with E-state index in [1.54, 1.807) is 0 Å². The summed E-state index contributed by atoms with van der Waals surface area (Å²) in [6.07, 6.45) is 9.75. The van der Waals surface area contributed by atoms with E-state index in [1.807, 2.05) is 0 Å². The van der Waals surface area contributed by atoms with Crippen molar-refractivity contribution in [3.63, 3.8) is 0 Å². The summed E-state index contributed by atoms with van der Waals surface area (Å²) in [5.41, 5.74) is 6.91. The van der Waals surface area contributed by atoms with Crippen molar-refractivity contribution >= 4 is 29.9 Å². The SMILES string of the molecule is I.NC(=NCc1cn2c(n1)CCCC2)NCC1CCC1. The molecule has 1 aromatic heterocycles. The Balaban J connectivity index is 0.00000147. The highest BCUT2D eigenvalue weighted by Gasteiger charge is 2.17. The van der Waals surface area contributed by atoms with Gasteiger partial charge in [-0.2, -0.15) is 0 Å². The van der Waals surface area contributed by atoms with Crippen LogP contribution in [0.1, 0.15) is 43.6 Å². The Labute approximate surface area is 137 Å². The van der Waals surface area contributed by atoms with Crippen molar-refractivity contribution in [2.75, 3.05) is 6.54 Å². The molecule has 6 heteroatoms. The van der Waals surface area contributed by atoms with Crippen LogP contribution in [-0.4, -0.2) is 22.1 Å². The van der Waals surface area contributed by atoms with E-state index in [1.165, 1.54) is 37.9 Å². The van der Waals surface area contributed by atoms with Crippen LogP contribution in [0.3, 0.4) is 0 Å². The molecule has 1 aromatic rings. The average molecular weight is 389 g/mol. The average Bonchev–Trinajstić information content (AvgIpc) is 2.77. The Kier molecular flexibility index (Phi) is 5.68. The van der Waals surface area contributed by atoms with Crippen LogP contribution in [0.4, 0.5) is 0 Å². The molecule has 112 valence electrons. The van der Waals surface area contributed by atoms with Gasteiger partial charge in [-0.05, 0) is 31.6 Å². The second kappa shape index (κ2) is 7.28. The highest BCUT2D eigenvalue weighted by atomic mass is 127. The minimum absolute atomic E-state index is 0. The van der Waals surface area contributed by atoms with Gasteiger partial charge in [-0.25, -0.2) is 9.98 Å². The van der Waals surface area contributed by atoms with Crippen LogP contribution >= 0.6 is 24.0 Å². The second-order valence-corrected chi connectivity index (χ2v) is 5.68. The molecule has 0 spiro atoms. The smallest absolute Gasteiger partial charge is 0.188 e. The predicted molar refractivity (Wildman–Crippen MR) is 91.3 cm³/mol. The summed E-state index contributed by atoms with van der Waals surface area (Å²) in [6.45, 7) is 2.65. The summed E-state index contributed by atoms with van der Waals surface area (Å²) < 4.78 is 2.26. The molecule has 3 rings (SSSR count). The predicted octanol–water partition coefficient (Wildman–Crippen LogP) is 2.04. The largest absolute Gasteiger partial charge is 0.370 e. The molecule has 0 amide bonds. The van der Waals surface area contributed by atoms with Gasteiger partial charge >= 0.3 is 0 Å². The maximum Gasteiger partial charge on any atom is 0.188 e. The van der Waals surface area contributed by atoms with E-state index in [0.29, 0.717) is 12.5 Å². The van der Waals surface area contributed by atoms with Gasteiger partial charge < -0.3 is 15.6 Å². The highest BCUT2D eigenvalue weighted by molar-refractivity contribution is 14.0. The van der Waals surface area contributed by atoms with E-state index in [0.717, 1.165) is 31.1 Å². The highest BCUT2D eigenvalue weighted by Crippen LogP contribution is 2.25. The number of nitrogens with one attached hydrogen (secondary N) is 1. The molecule has 0 saturated heterocycles. The van der Waals surface area contributed by atoms with Crippen molar-refractivity contribution in [3.8, 4) is 0 Å². The van der Waals surface area contributed by atoms with E-state index in [9.17, 15) is 0 Å². The number of aliphatic imine (C=N–C) groups is 1. The van der Waals surface area contributed by atoms with E-state index in [4.69, 9.17) is 5.73 Å². The molecule has 0 bridgehead atoms. The molecule has 1 aliphatic carbocycles. The Morgan fingerprint density at radius 3 is 2.95 bits per heavy atom. The minimum atomic E-state index is 0. The Hall–Kier alpha value is -0.790. The van der Waals surface area contributed by atoms with Gasteiger partial charge in [0.1, 0.15) is 5.82 Å². The minimum Gasteiger partial charge on any atom is -0.370 e. The van der Waals surface area contributed by atoms with Gasteiger partial charge in [-0.3, -0.25) is 0 Å². The summed E-state index contributed by atoms with van der Waals surface area (Å²) in [6, 6.07) is 0. The number of imidazole rings is 1. The Morgan fingerprint density at radius 1 is 1.40 bits per heavy atom. The molecule has 0 radical (unpaired) electrons. The Bertz CT molecular complexity index is 441. The molecule has 2 heterocycles. The molecule has 2 aliphatic rings. The number of fused-ring (bicyclic) bond motifs is 1. The van der Waals surface area contributed by atoms with Crippen LogP contribution in [0.25, 0.3) is 0 Å². The molecular formula is C14H24IN5. The first-order valence-corrected chi connectivity index (χ1v) is 7.40. The summed E-state index contributed by atoms with van der Waals surface area (Å²) in [4.78, 5) is 8.99. The van der Waals surface area contributed by atoms with Crippen LogP contribution in [0.15, 0.2) is 11.2 Å². The summed E-state index contributed by atoms with van der Waals surface area (Å²) in [7, 11) is 0. The number of aryl methyl sites for hydroxylation is 2. The number of nitrogens with two attached hydrogens (primary N) is 1. The summed E-state index contributed by atoms with van der Waals surface area (Å²) >= 11 is 0. The lowest BCUT2D eigenvalue weighted by Gasteiger charge is -2.25. The van der Waals surface area contributed by atoms with Crippen LogP contribution < -0.4 is 11.1 Å². The molecular weight excluding hydrogens is 365 g/mol. The first kappa shape index (κ1) is 15.6. The Morgan fingerprint density at radius 2 is 2.25 bits per heavy atom. The topological polar surface area (TPSA) is 68.2 Å². The van der Waals surface area contributed by atoms with Crippen molar-refractivity contribution in [1.82, 2.24) is 14.9 Å². The fourth-order valence-electron chi connectivity index (χ4n) is 2.72. The van der Waals surface area contributed by atoms with Crippen molar-refractivity contribution in [3.05, 3.63) is 17.7 Å². The van der Waals surface area contributed by atoms with E-state index in [2.05, 4.69) is 26.1 Å². The quantitative estimate of drug-likeness (QED) is 0.471. The number of hydrogen-bond donors (Lipinski definition) is 2. The lowest BCUT2D eigenvalue weighted by Crippen LogP contribution is -2.37. The monoisotopic (exact) mass is 389 g/mol. The molecule has 1 saturated carbocycles. The zero-order valence-corrected chi connectivity index (χ0v) is 14.2. The zero-order chi connectivity index (χ0) is 13.1. The van der Waals surface area contributed by atoms with Gasteiger partial charge in [0.15, 0.2) is 5.96 Å². The summed E-state index contributed by atoms with van der Waals surface area (Å²) in [5.74, 6) is 2.56. The van der Waals surface area contributed by atoms with Crippen LogP contribution in [0, 0.1) is 5.92 Å². The molecule has 0 atom stereocenters. The summed E-state index contributed by atoms with van der Waals surface area (Å²) in [5, 5.41) is 3.21. The van der Waals surface area contributed by atoms with Crippen molar-refractivity contribution in [2.45, 2.75) is 51.6 Å². The van der Waals surface area contributed by atoms with Gasteiger partial charge in [0.2, 0.25) is 0 Å². The van der Waals surface area contributed by atoms with Gasteiger partial charge in [0, 0.05) is 25.7 Å². The van der Waals surface area contributed by atoms with Crippen molar-refractivity contribution in [1.29, 1.82) is 0 Å². The van der Waals surface area contributed by atoms with E-state index >= 15 is 0 Å². The number of rotatable bonds is 4. The standard InChI is InChI=1S/C14H23N5.HI/c15-14(16-8-11-4-3-5-11)17-9-12-10-19-7-2-1-6-13(19)18-12;/h10-11H,1-9H2,(H3,15,16,17);1H. The third-order valence-electron chi connectivity index (χ3n) is 4.17. The third-order valence-corrected chi connectivity index (χ3v) is 4.17. The first-order valence-electron chi connectivity index (χ1n) is 7.40. The first-order chi connectivity index (χ1) is 9.31. The maximum absolute atomic E-state index is 5.88. The van der Waals surface area contributed by atoms with Gasteiger partial charge in [0.25, 0.3) is 0 Å². The molecule has 0 aromatic carbocycles. The fourth-order valence-corrected chi connectivity index (χ4v) is 2.72. The van der Waals surface area contributed by atoms with Crippen molar-refractivity contribution in [2.24, 2.45) is 16.6 Å². The van der Waals surface area contributed by atoms with Crippen LogP contribution in [0.2, 0.25) is 0 Å². The molecule has 5 nitrogen and oxygen atoms in total. The lowest BCUT2D eigenvalue weighted by atomic mass is 9.85. The second-order valence-electron chi connectivity index (χ2n) is 5.68. The van der Waals surface area contributed by atoms with Crippen molar-refractivity contribution < 1.29 is 0 Å². The molecule has 20 heavy (non-hydrogen) atoms. The van der Waals surface area contributed by atoms with Crippen LogP contribution in [0.5, 0.6) is 0 Å². The number of halogens is 1. The fraction of sp³-hybridized carbons (Fsp3) is 0.714. The van der Waals surface area contributed by atoms with Gasteiger partial charge in [0.05, 0.1) is 12.2 Å². The van der Waals surface area contributed by atoms with Crippen LogP contribution in [-0.2, 0) is 19.5 Å². The zero-order valence-electron chi connectivity index (χ0n) is 11.8. The number of guanidine groups is 1. The molecule has 0 unspecified atom stereocenters. The van der Waals surface area contributed by atoms with Gasteiger partial charge in [-0.1, -0.05) is 6.42 Å². The molecule has 1 aliphatic heterocycles.